The summed E-state index contributed by atoms with van der Waals surface area (Å²) in [6.45, 7) is 0.835. The quantitative estimate of drug-likeness (QED) is 0.657. The van der Waals surface area contributed by atoms with E-state index in [4.69, 9.17) is 5.73 Å². The van der Waals surface area contributed by atoms with Gasteiger partial charge in [0.25, 0.3) is 0 Å². The van der Waals surface area contributed by atoms with Crippen LogP contribution >= 0.6 is 11.3 Å². The van der Waals surface area contributed by atoms with Crippen LogP contribution in [0.1, 0.15) is 35.4 Å². The van der Waals surface area contributed by atoms with Crippen molar-refractivity contribution >= 4 is 33.2 Å². The van der Waals surface area contributed by atoms with Crippen LogP contribution in [0.25, 0.3) is 0 Å². The Morgan fingerprint density at radius 3 is 2.88 bits per heavy atom. The van der Waals surface area contributed by atoms with Crippen molar-refractivity contribution in [2.75, 3.05) is 26.7 Å². The predicted molar refractivity (Wildman–Crippen MR) is 93.9 cm³/mol. The van der Waals surface area contributed by atoms with Crippen LogP contribution in [0.3, 0.4) is 0 Å². The number of ether oxygens (including phenoxy) is 1. The van der Waals surface area contributed by atoms with Gasteiger partial charge in [0, 0.05) is 32.1 Å². The monoisotopic (exact) mass is 389 g/mol. The van der Waals surface area contributed by atoms with Crippen LogP contribution in [0.2, 0.25) is 0 Å². The first kappa shape index (κ1) is 19.8. The Kier molecular flexibility index (Phi) is 6.94. The number of carbonyl (C=O) groups is 2. The van der Waals surface area contributed by atoms with Gasteiger partial charge in [-0.05, 0) is 24.3 Å². The molecule has 140 valence electrons. The van der Waals surface area contributed by atoms with Gasteiger partial charge in [-0.15, -0.1) is 11.3 Å². The van der Waals surface area contributed by atoms with Crippen LogP contribution < -0.4 is 11.1 Å². The van der Waals surface area contributed by atoms with Gasteiger partial charge in [-0.3, -0.25) is 4.79 Å². The fourth-order valence-corrected chi connectivity index (χ4v) is 5.82. The van der Waals surface area contributed by atoms with Crippen molar-refractivity contribution in [1.82, 2.24) is 9.62 Å². The van der Waals surface area contributed by atoms with E-state index < -0.39 is 16.0 Å². The van der Waals surface area contributed by atoms with Gasteiger partial charge in [0.1, 0.15) is 9.77 Å². The normalized spacial score (nSPS) is 18.7. The van der Waals surface area contributed by atoms with E-state index in [1.165, 1.54) is 17.5 Å². The number of esters is 1. The Morgan fingerprint density at radius 1 is 1.44 bits per heavy atom. The van der Waals surface area contributed by atoms with E-state index >= 15 is 0 Å². The molecule has 1 unspecified atom stereocenters. The SMILES string of the molecule is COC(=O)c1sccc1S(=O)(=O)N1CCCCC1CNC(=O)CCN. The summed E-state index contributed by atoms with van der Waals surface area (Å²) >= 11 is 1.04. The molecule has 0 aromatic carbocycles. The molecule has 1 aromatic rings. The lowest BCUT2D eigenvalue weighted by Gasteiger charge is -2.34. The lowest BCUT2D eigenvalue weighted by atomic mass is 10.1. The van der Waals surface area contributed by atoms with Crippen LogP contribution in [-0.2, 0) is 19.6 Å². The second-order valence-corrected chi connectivity index (χ2v) is 8.49. The van der Waals surface area contributed by atoms with Crippen molar-refractivity contribution < 1.29 is 22.7 Å². The Labute approximate surface area is 151 Å². The molecular formula is C15H23N3O5S2. The smallest absolute Gasteiger partial charge is 0.349 e. The van der Waals surface area contributed by atoms with Crippen molar-refractivity contribution in [3.8, 4) is 0 Å². The summed E-state index contributed by atoms with van der Waals surface area (Å²) in [5, 5.41) is 4.29. The topological polar surface area (TPSA) is 119 Å². The van der Waals surface area contributed by atoms with Crippen molar-refractivity contribution in [3.05, 3.63) is 16.3 Å². The van der Waals surface area contributed by atoms with Crippen molar-refractivity contribution in [2.24, 2.45) is 5.73 Å². The largest absolute Gasteiger partial charge is 0.465 e. The predicted octanol–water partition coefficient (Wildman–Crippen LogP) is 0.543. The van der Waals surface area contributed by atoms with Gasteiger partial charge in [0.15, 0.2) is 0 Å². The highest BCUT2D eigenvalue weighted by atomic mass is 32.2. The number of hydrogen-bond donors (Lipinski definition) is 2. The van der Waals surface area contributed by atoms with Gasteiger partial charge in [-0.1, -0.05) is 6.42 Å². The van der Waals surface area contributed by atoms with E-state index in [1.807, 2.05) is 0 Å². The summed E-state index contributed by atoms with van der Waals surface area (Å²) in [6, 6.07) is 1.08. The maximum absolute atomic E-state index is 13.1. The number of rotatable bonds is 7. The van der Waals surface area contributed by atoms with Gasteiger partial charge < -0.3 is 15.8 Å². The van der Waals surface area contributed by atoms with Crippen molar-refractivity contribution in [3.63, 3.8) is 0 Å². The minimum Gasteiger partial charge on any atom is -0.465 e. The summed E-state index contributed by atoms with van der Waals surface area (Å²) in [6.07, 6.45) is 2.48. The second-order valence-electron chi connectivity index (χ2n) is 5.71. The van der Waals surface area contributed by atoms with E-state index in [9.17, 15) is 18.0 Å². The molecule has 1 aromatic heterocycles. The van der Waals surface area contributed by atoms with Crippen LogP contribution in [0.15, 0.2) is 16.3 Å². The zero-order chi connectivity index (χ0) is 18.4. The van der Waals surface area contributed by atoms with E-state index in [-0.39, 0.29) is 41.2 Å². The first-order chi connectivity index (χ1) is 11.9. The molecule has 0 saturated carbocycles. The summed E-state index contributed by atoms with van der Waals surface area (Å²) < 4.78 is 32.2. The average molecular weight is 389 g/mol. The highest BCUT2D eigenvalue weighted by molar-refractivity contribution is 7.89. The Hall–Kier alpha value is -1.49. The molecule has 0 spiro atoms. The number of carbonyl (C=O) groups excluding carboxylic acids is 2. The van der Waals surface area contributed by atoms with Crippen LogP contribution in [0.4, 0.5) is 0 Å². The third-order valence-corrected chi connectivity index (χ3v) is 7.08. The standard InChI is InChI=1S/C15H23N3O5S2/c1-23-15(20)14-12(6-9-24-14)25(21,22)18-8-3-2-4-11(18)10-17-13(19)5-7-16/h6,9,11H,2-5,7-8,10,16H2,1H3,(H,17,19). The molecular weight excluding hydrogens is 366 g/mol. The third kappa shape index (κ3) is 4.57. The molecule has 8 nitrogen and oxygen atoms in total. The van der Waals surface area contributed by atoms with E-state index in [1.54, 1.807) is 5.38 Å². The molecule has 2 heterocycles. The second kappa shape index (κ2) is 8.75. The van der Waals surface area contributed by atoms with Gasteiger partial charge in [-0.25, -0.2) is 13.2 Å². The first-order valence-electron chi connectivity index (χ1n) is 8.06. The number of sulfonamides is 1. The average Bonchev–Trinajstić information content (AvgIpc) is 3.10. The number of thiophene rings is 1. The number of nitrogens with one attached hydrogen (secondary N) is 1. The first-order valence-corrected chi connectivity index (χ1v) is 10.4. The molecule has 0 bridgehead atoms. The zero-order valence-electron chi connectivity index (χ0n) is 14.1. The third-order valence-electron chi connectivity index (χ3n) is 4.07. The maximum atomic E-state index is 13.1. The summed E-state index contributed by atoms with van der Waals surface area (Å²) in [4.78, 5) is 23.5. The zero-order valence-corrected chi connectivity index (χ0v) is 15.7. The van der Waals surface area contributed by atoms with E-state index in [2.05, 4.69) is 10.1 Å². The lowest BCUT2D eigenvalue weighted by Crippen LogP contribution is -2.49. The molecule has 1 atom stereocenters. The highest BCUT2D eigenvalue weighted by Gasteiger charge is 2.36. The molecule has 1 fully saturated rings. The molecule has 0 aliphatic carbocycles. The number of methoxy groups -OCH3 is 1. The number of nitrogens with two attached hydrogens (primary N) is 1. The molecule has 25 heavy (non-hydrogen) atoms. The summed E-state index contributed by atoms with van der Waals surface area (Å²) in [7, 11) is -2.63. The molecule has 1 aliphatic rings. The molecule has 1 aliphatic heterocycles. The van der Waals surface area contributed by atoms with Gasteiger partial charge in [0.2, 0.25) is 15.9 Å². The molecule has 2 rings (SSSR count). The number of hydrogen-bond acceptors (Lipinski definition) is 7. The van der Waals surface area contributed by atoms with Crippen LogP contribution in [0.5, 0.6) is 0 Å². The summed E-state index contributed by atoms with van der Waals surface area (Å²) in [5.41, 5.74) is 5.35. The Balaban J connectivity index is 2.22. The van der Waals surface area contributed by atoms with E-state index in [0.29, 0.717) is 13.0 Å². The fraction of sp³-hybridized carbons (Fsp3) is 0.600. The molecule has 1 amide bonds. The van der Waals surface area contributed by atoms with Gasteiger partial charge in [-0.2, -0.15) is 4.31 Å². The maximum Gasteiger partial charge on any atom is 0.349 e. The Bertz CT molecular complexity index is 717. The van der Waals surface area contributed by atoms with Gasteiger partial charge >= 0.3 is 5.97 Å². The van der Waals surface area contributed by atoms with Crippen LogP contribution in [-0.4, -0.2) is 57.4 Å². The summed E-state index contributed by atoms with van der Waals surface area (Å²) in [5.74, 6) is -0.866. The number of amides is 1. The molecule has 1 saturated heterocycles. The minimum absolute atomic E-state index is 0.0375. The van der Waals surface area contributed by atoms with Gasteiger partial charge in [0.05, 0.1) is 7.11 Å². The van der Waals surface area contributed by atoms with Crippen LogP contribution in [0, 0.1) is 0 Å². The fourth-order valence-electron chi connectivity index (χ4n) is 2.81. The highest BCUT2D eigenvalue weighted by Crippen LogP contribution is 2.30. The van der Waals surface area contributed by atoms with Crippen molar-refractivity contribution in [2.45, 2.75) is 36.6 Å². The minimum atomic E-state index is -3.85. The lowest BCUT2D eigenvalue weighted by molar-refractivity contribution is -0.121. The molecule has 3 N–H and O–H groups in total. The van der Waals surface area contributed by atoms with Crippen molar-refractivity contribution in [1.29, 1.82) is 0 Å². The van der Waals surface area contributed by atoms with E-state index in [0.717, 1.165) is 24.2 Å². The number of piperidine rings is 1. The Morgan fingerprint density at radius 2 is 2.20 bits per heavy atom. The molecule has 10 heteroatoms. The number of nitrogens with zero attached hydrogens (tertiary/aromatic N) is 1. The molecule has 0 radical (unpaired) electrons.